The number of hydrogen-bond donors (Lipinski definition) is 0. The molecule has 0 unspecified atom stereocenters. The van der Waals surface area contributed by atoms with E-state index in [0.29, 0.717) is 6.04 Å². The molecule has 1 aliphatic heterocycles. The SMILES string of the molecule is CN(c1ccc(C=c2ccccc2=C2C(c3ccccc3)=[N+](C)c3ccccc32)cc1)C1CCCCC1. The molecule has 0 atom stereocenters. The van der Waals surface area contributed by atoms with Crippen LogP contribution in [0.2, 0.25) is 0 Å². The molecule has 184 valence electrons. The third-order valence-electron chi connectivity index (χ3n) is 8.13. The summed E-state index contributed by atoms with van der Waals surface area (Å²) in [5.74, 6) is 0. The Morgan fingerprint density at radius 1 is 0.730 bits per heavy atom. The molecule has 0 bridgehead atoms. The van der Waals surface area contributed by atoms with Crippen molar-refractivity contribution in [3.8, 4) is 0 Å². The molecule has 37 heavy (non-hydrogen) atoms. The Labute approximate surface area is 220 Å². The molecule has 0 spiro atoms. The summed E-state index contributed by atoms with van der Waals surface area (Å²) in [6.07, 6.45) is 9.06. The van der Waals surface area contributed by atoms with E-state index in [1.807, 2.05) is 0 Å². The Hall–Kier alpha value is -3.91. The minimum Gasteiger partial charge on any atom is -0.372 e. The summed E-state index contributed by atoms with van der Waals surface area (Å²) in [7, 11) is 4.44. The first kappa shape index (κ1) is 23.5. The van der Waals surface area contributed by atoms with Gasteiger partial charge in [-0.15, -0.1) is 0 Å². The molecule has 1 saturated carbocycles. The van der Waals surface area contributed by atoms with E-state index < -0.39 is 0 Å². The third-order valence-corrected chi connectivity index (χ3v) is 8.13. The van der Waals surface area contributed by atoms with E-state index in [9.17, 15) is 0 Å². The molecular weight excluding hydrogens is 448 g/mol. The lowest BCUT2D eigenvalue weighted by Crippen LogP contribution is -2.33. The summed E-state index contributed by atoms with van der Waals surface area (Å²) in [5, 5.41) is 2.51. The van der Waals surface area contributed by atoms with Gasteiger partial charge in [0.2, 0.25) is 11.4 Å². The molecule has 0 N–H and O–H groups in total. The van der Waals surface area contributed by atoms with Gasteiger partial charge in [-0.2, -0.15) is 4.58 Å². The summed E-state index contributed by atoms with van der Waals surface area (Å²) in [6.45, 7) is 0. The van der Waals surface area contributed by atoms with Crippen LogP contribution in [0.25, 0.3) is 11.6 Å². The number of nitrogens with zero attached hydrogens (tertiary/aromatic N) is 2. The van der Waals surface area contributed by atoms with Crippen molar-refractivity contribution >= 4 is 28.7 Å². The normalized spacial score (nSPS) is 17.7. The van der Waals surface area contributed by atoms with Gasteiger partial charge in [0.05, 0.1) is 11.1 Å². The average Bonchev–Trinajstić information content (AvgIpc) is 3.26. The molecule has 1 heterocycles. The Morgan fingerprint density at radius 2 is 1.41 bits per heavy atom. The zero-order valence-corrected chi connectivity index (χ0v) is 21.9. The van der Waals surface area contributed by atoms with Crippen LogP contribution in [0, 0.1) is 0 Å². The van der Waals surface area contributed by atoms with E-state index in [1.54, 1.807) is 0 Å². The van der Waals surface area contributed by atoms with Gasteiger partial charge < -0.3 is 4.90 Å². The number of para-hydroxylation sites is 1. The fourth-order valence-electron chi connectivity index (χ4n) is 6.11. The molecule has 2 heteroatoms. The fourth-order valence-corrected chi connectivity index (χ4v) is 6.11. The zero-order valence-electron chi connectivity index (χ0n) is 21.9. The summed E-state index contributed by atoms with van der Waals surface area (Å²) in [6, 6.07) is 38.1. The van der Waals surface area contributed by atoms with E-state index in [2.05, 4.69) is 133 Å². The summed E-state index contributed by atoms with van der Waals surface area (Å²) >= 11 is 0. The Morgan fingerprint density at radius 3 is 2.19 bits per heavy atom. The van der Waals surface area contributed by atoms with Gasteiger partial charge in [0.25, 0.3) is 0 Å². The topological polar surface area (TPSA) is 6.25 Å². The Balaban J connectivity index is 1.47. The maximum absolute atomic E-state index is 2.49. The number of hydrogen-bond acceptors (Lipinski definition) is 1. The highest BCUT2D eigenvalue weighted by molar-refractivity contribution is 6.32. The Kier molecular flexibility index (Phi) is 6.49. The maximum atomic E-state index is 2.49. The van der Waals surface area contributed by atoms with Crippen molar-refractivity contribution in [1.82, 2.24) is 0 Å². The van der Waals surface area contributed by atoms with Crippen molar-refractivity contribution < 1.29 is 4.58 Å². The first-order chi connectivity index (χ1) is 18.2. The predicted octanol–water partition coefficient (Wildman–Crippen LogP) is 6.26. The van der Waals surface area contributed by atoms with E-state index in [-0.39, 0.29) is 0 Å². The van der Waals surface area contributed by atoms with Gasteiger partial charge in [-0.1, -0.05) is 86.0 Å². The fraction of sp³-hybridized carbons (Fsp3) is 0.229. The lowest BCUT2D eigenvalue weighted by atomic mass is 9.94. The highest BCUT2D eigenvalue weighted by Crippen LogP contribution is 2.34. The van der Waals surface area contributed by atoms with Crippen LogP contribution in [-0.2, 0) is 0 Å². The Bertz CT molecular complexity index is 1560. The molecule has 0 amide bonds. The third kappa shape index (κ3) is 4.53. The predicted molar refractivity (Wildman–Crippen MR) is 156 cm³/mol. The zero-order chi connectivity index (χ0) is 25.2. The molecular formula is C35H35N2+. The maximum Gasteiger partial charge on any atom is 0.221 e. The van der Waals surface area contributed by atoms with Gasteiger partial charge in [0.1, 0.15) is 7.05 Å². The monoisotopic (exact) mass is 483 g/mol. The van der Waals surface area contributed by atoms with Gasteiger partial charge in [0.15, 0.2) is 0 Å². The van der Waals surface area contributed by atoms with Crippen molar-refractivity contribution in [1.29, 1.82) is 0 Å². The van der Waals surface area contributed by atoms with Crippen LogP contribution in [0.3, 0.4) is 0 Å². The average molecular weight is 484 g/mol. The molecule has 2 aliphatic rings. The minimum absolute atomic E-state index is 0.673. The second-order valence-corrected chi connectivity index (χ2v) is 10.4. The lowest BCUT2D eigenvalue weighted by molar-refractivity contribution is -0.400. The van der Waals surface area contributed by atoms with E-state index >= 15 is 0 Å². The van der Waals surface area contributed by atoms with Crippen molar-refractivity contribution in [3.05, 3.63) is 130 Å². The molecule has 4 aromatic carbocycles. The van der Waals surface area contributed by atoms with Gasteiger partial charge in [0, 0.05) is 30.4 Å². The van der Waals surface area contributed by atoms with Gasteiger partial charge >= 0.3 is 0 Å². The van der Waals surface area contributed by atoms with E-state index in [1.165, 1.54) is 81.9 Å². The first-order valence-electron chi connectivity index (χ1n) is 13.6. The quantitative estimate of drug-likeness (QED) is 0.311. The number of fused-ring (bicyclic) bond motifs is 1. The van der Waals surface area contributed by atoms with Crippen LogP contribution in [0.4, 0.5) is 11.4 Å². The minimum atomic E-state index is 0.673. The summed E-state index contributed by atoms with van der Waals surface area (Å²) in [5.41, 5.74) is 8.88. The van der Waals surface area contributed by atoms with E-state index in [0.717, 1.165) is 0 Å². The molecule has 6 rings (SSSR count). The molecule has 0 radical (unpaired) electrons. The highest BCUT2D eigenvalue weighted by Gasteiger charge is 2.33. The molecule has 1 fully saturated rings. The van der Waals surface area contributed by atoms with Crippen LogP contribution < -0.4 is 15.3 Å². The van der Waals surface area contributed by atoms with Crippen LogP contribution in [0.15, 0.2) is 103 Å². The number of benzene rings is 4. The first-order valence-corrected chi connectivity index (χ1v) is 13.6. The van der Waals surface area contributed by atoms with Crippen LogP contribution in [0.1, 0.15) is 48.8 Å². The van der Waals surface area contributed by atoms with Crippen molar-refractivity contribution in [3.63, 3.8) is 0 Å². The molecule has 0 saturated heterocycles. The van der Waals surface area contributed by atoms with Gasteiger partial charge in [-0.25, -0.2) is 0 Å². The van der Waals surface area contributed by atoms with Crippen LogP contribution in [0.5, 0.6) is 0 Å². The highest BCUT2D eigenvalue weighted by atomic mass is 15.1. The molecule has 2 nitrogen and oxygen atoms in total. The second-order valence-electron chi connectivity index (χ2n) is 10.4. The van der Waals surface area contributed by atoms with Crippen LogP contribution >= 0.6 is 0 Å². The number of rotatable bonds is 4. The lowest BCUT2D eigenvalue weighted by Gasteiger charge is -2.33. The molecule has 0 aromatic heterocycles. The van der Waals surface area contributed by atoms with Crippen molar-refractivity contribution in [2.45, 2.75) is 38.1 Å². The van der Waals surface area contributed by atoms with Gasteiger partial charge in [-0.05, 0) is 65.3 Å². The largest absolute Gasteiger partial charge is 0.372 e. The molecule has 4 aromatic rings. The van der Waals surface area contributed by atoms with Crippen molar-refractivity contribution in [2.75, 3.05) is 19.0 Å². The van der Waals surface area contributed by atoms with E-state index in [4.69, 9.17) is 0 Å². The summed E-state index contributed by atoms with van der Waals surface area (Å²) in [4.78, 5) is 2.49. The van der Waals surface area contributed by atoms with Crippen molar-refractivity contribution in [2.24, 2.45) is 0 Å². The van der Waals surface area contributed by atoms with Crippen LogP contribution in [-0.4, -0.2) is 30.4 Å². The second kappa shape index (κ2) is 10.2. The standard InChI is InChI=1S/C35H35N2/c1-36(29-16-7-4-8-17-29)30-23-21-26(22-24-30)25-28-15-9-10-18-31(28)34-32-19-11-12-20-33(32)37(2)35(34)27-13-5-3-6-14-27/h3,5-6,9-15,18-25,29H,4,7-8,16-17H2,1-2H3/q+1. The van der Waals surface area contributed by atoms with Gasteiger partial charge in [-0.3, -0.25) is 0 Å². The smallest absolute Gasteiger partial charge is 0.221 e. The summed E-state index contributed by atoms with van der Waals surface area (Å²) < 4.78 is 2.34. The molecule has 1 aliphatic carbocycles. The number of anilines is 1.